The number of ketones is 2. The van der Waals surface area contributed by atoms with Gasteiger partial charge in [-0.25, -0.2) is 0 Å². The maximum atomic E-state index is 13.6. The third-order valence-electron chi connectivity index (χ3n) is 5.38. The van der Waals surface area contributed by atoms with Crippen LogP contribution in [0.15, 0.2) is 71.3 Å². The van der Waals surface area contributed by atoms with Crippen LogP contribution in [0, 0.1) is 0 Å². The van der Waals surface area contributed by atoms with Crippen LogP contribution in [0.2, 0.25) is 0 Å². The summed E-state index contributed by atoms with van der Waals surface area (Å²) in [6.07, 6.45) is -3.22. The summed E-state index contributed by atoms with van der Waals surface area (Å²) >= 11 is 3.30. The van der Waals surface area contributed by atoms with E-state index < -0.39 is 29.2 Å². The second-order valence-corrected chi connectivity index (χ2v) is 8.52. The summed E-state index contributed by atoms with van der Waals surface area (Å²) in [6.45, 7) is 1.25. The van der Waals surface area contributed by atoms with E-state index in [9.17, 15) is 27.6 Å². The van der Waals surface area contributed by atoms with Gasteiger partial charge >= 0.3 is 6.18 Å². The number of rotatable bonds is 5. The first kappa shape index (κ1) is 23.4. The Morgan fingerprint density at radius 3 is 2.21 bits per heavy atom. The van der Waals surface area contributed by atoms with Gasteiger partial charge in [-0.05, 0) is 61.0 Å². The average molecular weight is 529 g/mol. The average Bonchev–Trinajstić information content (AvgIpc) is 3.13. The van der Waals surface area contributed by atoms with E-state index in [0.717, 1.165) is 16.6 Å². The molecule has 0 unspecified atom stereocenters. The zero-order valence-electron chi connectivity index (χ0n) is 17.6. The number of Topliss-reactive ketones (excluding diaryl/α,β-unsaturated/α-hetero) is 1. The van der Waals surface area contributed by atoms with Crippen molar-refractivity contribution in [1.82, 2.24) is 4.40 Å². The molecule has 0 fully saturated rings. The SMILES string of the molecule is CC(=O)c1c(-c2cccc(C(F)(F)F)c2)c(C(=O)c2ccc(Br)cc2)n2ccc(C(N)=O)cc12. The minimum absolute atomic E-state index is 0.00197. The summed E-state index contributed by atoms with van der Waals surface area (Å²) in [5, 5.41) is 0. The van der Waals surface area contributed by atoms with Gasteiger partial charge in [0.15, 0.2) is 5.78 Å². The first-order valence-corrected chi connectivity index (χ1v) is 10.7. The van der Waals surface area contributed by atoms with E-state index >= 15 is 0 Å². The van der Waals surface area contributed by atoms with Gasteiger partial charge < -0.3 is 10.1 Å². The molecular weight excluding hydrogens is 513 g/mol. The Balaban J connectivity index is 2.12. The van der Waals surface area contributed by atoms with Crippen LogP contribution >= 0.6 is 15.9 Å². The number of benzene rings is 2. The first-order chi connectivity index (χ1) is 16.0. The molecule has 2 aromatic heterocycles. The maximum Gasteiger partial charge on any atom is 0.416 e. The summed E-state index contributed by atoms with van der Waals surface area (Å²) in [5.74, 6) is -1.74. The molecule has 0 saturated heterocycles. The fraction of sp³-hybridized carbons (Fsp3) is 0.0800. The van der Waals surface area contributed by atoms with Crippen molar-refractivity contribution in [2.75, 3.05) is 0 Å². The molecule has 34 heavy (non-hydrogen) atoms. The number of nitrogens with zero attached hydrogens (tertiary/aromatic N) is 1. The van der Waals surface area contributed by atoms with E-state index in [4.69, 9.17) is 5.73 Å². The summed E-state index contributed by atoms with van der Waals surface area (Å²) in [4.78, 5) is 38.2. The normalized spacial score (nSPS) is 11.6. The molecular formula is C25H16BrF3N2O3. The topological polar surface area (TPSA) is 81.6 Å². The first-order valence-electron chi connectivity index (χ1n) is 9.95. The van der Waals surface area contributed by atoms with Crippen molar-refractivity contribution in [3.63, 3.8) is 0 Å². The fourth-order valence-electron chi connectivity index (χ4n) is 3.86. The number of carbonyl (C=O) groups is 3. The van der Waals surface area contributed by atoms with Crippen molar-refractivity contribution in [1.29, 1.82) is 0 Å². The van der Waals surface area contributed by atoms with Crippen molar-refractivity contribution < 1.29 is 27.6 Å². The molecule has 0 aliphatic carbocycles. The van der Waals surface area contributed by atoms with E-state index in [1.54, 1.807) is 24.3 Å². The van der Waals surface area contributed by atoms with Gasteiger partial charge in [-0.2, -0.15) is 13.2 Å². The third kappa shape index (κ3) is 4.14. The highest BCUT2D eigenvalue weighted by molar-refractivity contribution is 9.10. The number of amides is 1. The smallest absolute Gasteiger partial charge is 0.366 e. The minimum Gasteiger partial charge on any atom is -0.366 e. The number of carbonyl (C=O) groups excluding carboxylic acids is 3. The molecule has 0 aliphatic rings. The lowest BCUT2D eigenvalue weighted by Gasteiger charge is -2.11. The van der Waals surface area contributed by atoms with Crippen molar-refractivity contribution in [2.24, 2.45) is 5.73 Å². The zero-order chi connectivity index (χ0) is 24.8. The lowest BCUT2D eigenvalue weighted by molar-refractivity contribution is -0.137. The Morgan fingerprint density at radius 2 is 1.62 bits per heavy atom. The van der Waals surface area contributed by atoms with Crippen LogP contribution in [0.1, 0.15) is 49.3 Å². The molecule has 5 nitrogen and oxygen atoms in total. The zero-order valence-corrected chi connectivity index (χ0v) is 19.2. The predicted octanol–water partition coefficient (Wildman–Crippen LogP) is 5.92. The van der Waals surface area contributed by atoms with Gasteiger partial charge in [0.2, 0.25) is 11.7 Å². The van der Waals surface area contributed by atoms with Gasteiger partial charge in [-0.15, -0.1) is 0 Å². The van der Waals surface area contributed by atoms with Crippen LogP contribution in [0.25, 0.3) is 16.6 Å². The maximum absolute atomic E-state index is 13.6. The number of alkyl halides is 3. The molecule has 0 saturated carbocycles. The Hall–Kier alpha value is -3.72. The van der Waals surface area contributed by atoms with Crippen LogP contribution in [0.5, 0.6) is 0 Å². The van der Waals surface area contributed by atoms with Crippen molar-refractivity contribution >= 4 is 38.9 Å². The molecule has 4 aromatic rings. The third-order valence-corrected chi connectivity index (χ3v) is 5.90. The van der Waals surface area contributed by atoms with E-state index in [0.29, 0.717) is 0 Å². The molecule has 9 heteroatoms. The van der Waals surface area contributed by atoms with Gasteiger partial charge in [0.25, 0.3) is 0 Å². The number of fused-ring (bicyclic) bond motifs is 1. The summed E-state index contributed by atoms with van der Waals surface area (Å²) in [5.41, 5.74) is 5.13. The number of hydrogen-bond acceptors (Lipinski definition) is 3. The number of halogens is 4. The molecule has 0 radical (unpaired) electrons. The molecule has 0 aliphatic heterocycles. The monoisotopic (exact) mass is 528 g/mol. The largest absolute Gasteiger partial charge is 0.416 e. The second kappa shape index (κ2) is 8.57. The second-order valence-electron chi connectivity index (χ2n) is 7.60. The number of hydrogen-bond donors (Lipinski definition) is 1. The summed E-state index contributed by atoms with van der Waals surface area (Å²) in [6, 6.07) is 13.6. The number of aromatic nitrogens is 1. The van der Waals surface area contributed by atoms with Crippen molar-refractivity contribution in [3.8, 4) is 11.1 Å². The molecule has 0 bridgehead atoms. The molecule has 0 spiro atoms. The van der Waals surface area contributed by atoms with Crippen LogP contribution in [0.4, 0.5) is 13.2 Å². The standard InChI is InChI=1S/C25H16BrF3N2O3/c1-13(32)20-19-12-16(24(30)34)9-10-31(19)22(23(33)14-5-7-18(26)8-6-14)21(20)15-3-2-4-17(11-15)25(27,28)29/h2-12H,1H3,(H2,30,34). The van der Waals surface area contributed by atoms with Crippen LogP contribution in [0.3, 0.4) is 0 Å². The number of nitrogens with two attached hydrogens (primary N) is 1. The van der Waals surface area contributed by atoms with Gasteiger partial charge in [-0.3, -0.25) is 14.4 Å². The van der Waals surface area contributed by atoms with Gasteiger partial charge in [0.05, 0.1) is 16.6 Å². The quantitative estimate of drug-likeness (QED) is 0.326. The lowest BCUT2D eigenvalue weighted by atomic mass is 9.94. The van der Waals surface area contributed by atoms with E-state index in [2.05, 4.69) is 15.9 Å². The molecule has 2 aromatic carbocycles. The van der Waals surface area contributed by atoms with Crippen LogP contribution < -0.4 is 5.73 Å². The Morgan fingerprint density at radius 1 is 0.941 bits per heavy atom. The Kier molecular flexibility index (Phi) is 5.91. The van der Waals surface area contributed by atoms with Gasteiger partial charge in [-0.1, -0.05) is 28.1 Å². The molecule has 1 amide bonds. The van der Waals surface area contributed by atoms with Crippen LogP contribution in [-0.4, -0.2) is 21.9 Å². The van der Waals surface area contributed by atoms with Gasteiger partial charge in [0, 0.05) is 27.4 Å². The fourth-order valence-corrected chi connectivity index (χ4v) is 4.12. The molecule has 0 atom stereocenters. The number of pyridine rings is 1. The van der Waals surface area contributed by atoms with E-state index in [1.165, 1.54) is 41.8 Å². The molecule has 2 heterocycles. The molecule has 2 N–H and O–H groups in total. The highest BCUT2D eigenvalue weighted by Crippen LogP contribution is 2.38. The minimum atomic E-state index is -4.62. The predicted molar refractivity (Wildman–Crippen MR) is 124 cm³/mol. The highest BCUT2D eigenvalue weighted by Gasteiger charge is 2.33. The summed E-state index contributed by atoms with van der Waals surface area (Å²) < 4.78 is 42.5. The van der Waals surface area contributed by atoms with E-state index in [-0.39, 0.29) is 39.0 Å². The Bertz CT molecular complexity index is 1470. The molecule has 4 rings (SSSR count). The summed E-state index contributed by atoms with van der Waals surface area (Å²) in [7, 11) is 0. The van der Waals surface area contributed by atoms with E-state index in [1.807, 2.05) is 0 Å². The number of primary amides is 1. The highest BCUT2D eigenvalue weighted by atomic mass is 79.9. The molecule has 172 valence electrons. The Labute approximate surface area is 200 Å². The van der Waals surface area contributed by atoms with Crippen molar-refractivity contribution in [3.05, 3.63) is 99.3 Å². The lowest BCUT2D eigenvalue weighted by Crippen LogP contribution is -2.12. The van der Waals surface area contributed by atoms with Crippen LogP contribution in [-0.2, 0) is 6.18 Å². The van der Waals surface area contributed by atoms with Gasteiger partial charge in [0.1, 0.15) is 5.69 Å². The van der Waals surface area contributed by atoms with Crippen molar-refractivity contribution in [2.45, 2.75) is 13.1 Å².